The third-order valence-electron chi connectivity index (χ3n) is 7.60. The number of alkyl halides is 3. The summed E-state index contributed by atoms with van der Waals surface area (Å²) in [5, 5.41) is 23.0. The summed E-state index contributed by atoms with van der Waals surface area (Å²) < 4.78 is 39.7. The molecule has 40 heavy (non-hydrogen) atoms. The number of aliphatic hydroxyl groups is 2. The Morgan fingerprint density at radius 3 is 2.35 bits per heavy atom. The van der Waals surface area contributed by atoms with Gasteiger partial charge in [-0.3, -0.25) is 9.80 Å². The van der Waals surface area contributed by atoms with E-state index >= 15 is 0 Å². The van der Waals surface area contributed by atoms with Crippen LogP contribution in [-0.4, -0.2) is 98.5 Å². The van der Waals surface area contributed by atoms with Gasteiger partial charge in [0, 0.05) is 70.1 Å². The normalized spacial score (nSPS) is 18.8. The number of aromatic nitrogens is 4. The highest BCUT2D eigenvalue weighted by Crippen LogP contribution is 2.36. The number of hydrogen-bond donors (Lipinski definition) is 3. The number of hydrogen-bond acceptors (Lipinski definition) is 10. The number of rotatable bonds is 8. The Hall–Kier alpha value is -3.13. The summed E-state index contributed by atoms with van der Waals surface area (Å²) in [5.74, 6) is -0.0173. The van der Waals surface area contributed by atoms with Crippen LogP contribution in [0.2, 0.25) is 0 Å². The highest BCUT2D eigenvalue weighted by atomic mass is 19.4. The molecule has 0 aromatic carbocycles. The Bertz CT molecular complexity index is 1280. The van der Waals surface area contributed by atoms with E-state index in [4.69, 9.17) is 5.11 Å². The van der Waals surface area contributed by atoms with Gasteiger partial charge in [-0.25, -0.2) is 19.9 Å². The van der Waals surface area contributed by atoms with E-state index in [1.54, 1.807) is 19.2 Å². The lowest BCUT2D eigenvalue weighted by Gasteiger charge is -2.34. The number of piperazine rings is 1. The van der Waals surface area contributed by atoms with Gasteiger partial charge >= 0.3 is 6.18 Å². The first-order chi connectivity index (χ1) is 19.2. The van der Waals surface area contributed by atoms with Crippen LogP contribution in [0.1, 0.15) is 37.1 Å². The van der Waals surface area contributed by atoms with Crippen LogP contribution >= 0.6 is 0 Å². The molecule has 2 aliphatic rings. The van der Waals surface area contributed by atoms with Crippen molar-refractivity contribution in [1.29, 1.82) is 0 Å². The SMILES string of the molecule is C[C@@H](O)c1cc2cnc(Nc3ccc(CN4CCN(CCO)CC4)cn3)nc2c(N2CCC(C(F)(F)F)CC2)n1. The smallest absolute Gasteiger partial charge is 0.391 e. The van der Waals surface area contributed by atoms with Crippen LogP contribution in [-0.2, 0) is 6.54 Å². The van der Waals surface area contributed by atoms with Crippen LogP contribution in [0.5, 0.6) is 0 Å². The molecule has 216 valence electrons. The van der Waals surface area contributed by atoms with Gasteiger partial charge in [0.15, 0.2) is 5.82 Å². The monoisotopic (exact) mass is 560 g/mol. The topological polar surface area (TPSA) is 114 Å². The summed E-state index contributed by atoms with van der Waals surface area (Å²) in [6.45, 7) is 7.41. The summed E-state index contributed by atoms with van der Waals surface area (Å²) in [6, 6.07) is 5.57. The van der Waals surface area contributed by atoms with Crippen molar-refractivity contribution < 1.29 is 23.4 Å². The van der Waals surface area contributed by atoms with Crippen LogP contribution in [0, 0.1) is 5.92 Å². The van der Waals surface area contributed by atoms with Crippen LogP contribution in [0.15, 0.2) is 30.6 Å². The zero-order valence-corrected chi connectivity index (χ0v) is 22.5. The minimum absolute atomic E-state index is 0.0175. The van der Waals surface area contributed by atoms with Gasteiger partial charge in [0.2, 0.25) is 5.95 Å². The highest BCUT2D eigenvalue weighted by molar-refractivity contribution is 5.89. The zero-order chi connectivity index (χ0) is 28.3. The first-order valence-electron chi connectivity index (χ1n) is 13.6. The van der Waals surface area contributed by atoms with Gasteiger partial charge in [-0.05, 0) is 37.5 Å². The first kappa shape index (κ1) is 28.4. The van der Waals surface area contributed by atoms with E-state index < -0.39 is 18.2 Å². The van der Waals surface area contributed by atoms with Crippen LogP contribution in [0.4, 0.5) is 30.8 Å². The number of fused-ring (bicyclic) bond motifs is 1. The number of piperidine rings is 1. The molecule has 3 aromatic heterocycles. The Morgan fingerprint density at radius 2 is 1.73 bits per heavy atom. The fourth-order valence-electron chi connectivity index (χ4n) is 5.23. The number of nitrogens with zero attached hydrogens (tertiary/aromatic N) is 7. The maximum atomic E-state index is 13.2. The molecule has 0 bridgehead atoms. The predicted molar refractivity (Wildman–Crippen MR) is 145 cm³/mol. The highest BCUT2D eigenvalue weighted by Gasteiger charge is 2.41. The zero-order valence-electron chi connectivity index (χ0n) is 22.5. The largest absolute Gasteiger partial charge is 0.395 e. The van der Waals surface area contributed by atoms with Gasteiger partial charge in [-0.15, -0.1) is 0 Å². The van der Waals surface area contributed by atoms with Gasteiger partial charge in [-0.2, -0.15) is 13.2 Å². The number of pyridine rings is 2. The van der Waals surface area contributed by atoms with E-state index in [-0.39, 0.29) is 32.5 Å². The molecule has 13 heteroatoms. The van der Waals surface area contributed by atoms with Crippen LogP contribution in [0.25, 0.3) is 10.9 Å². The van der Waals surface area contributed by atoms with E-state index in [1.807, 2.05) is 23.2 Å². The van der Waals surface area contributed by atoms with Crippen molar-refractivity contribution in [3.8, 4) is 0 Å². The predicted octanol–water partition coefficient (Wildman–Crippen LogP) is 3.11. The molecule has 0 unspecified atom stereocenters. The second-order valence-corrected chi connectivity index (χ2v) is 10.5. The summed E-state index contributed by atoms with van der Waals surface area (Å²) in [6.07, 6.45) is -1.65. The Kier molecular flexibility index (Phi) is 8.64. The van der Waals surface area contributed by atoms with Gasteiger partial charge in [-0.1, -0.05) is 6.07 Å². The maximum Gasteiger partial charge on any atom is 0.391 e. The number of aliphatic hydroxyl groups excluding tert-OH is 2. The van der Waals surface area contributed by atoms with Gasteiger partial charge in [0.1, 0.15) is 11.3 Å². The van der Waals surface area contributed by atoms with Crippen molar-refractivity contribution in [3.63, 3.8) is 0 Å². The molecular weight excluding hydrogens is 525 g/mol. The fraction of sp³-hybridized carbons (Fsp3) is 0.556. The average Bonchev–Trinajstić information content (AvgIpc) is 2.94. The lowest BCUT2D eigenvalue weighted by Crippen LogP contribution is -2.46. The van der Waals surface area contributed by atoms with Crippen LogP contribution < -0.4 is 10.2 Å². The van der Waals surface area contributed by atoms with Gasteiger partial charge < -0.3 is 20.4 Å². The summed E-state index contributed by atoms with van der Waals surface area (Å²) in [5.41, 5.74) is 2.00. The van der Waals surface area contributed by atoms with E-state index in [2.05, 4.69) is 35.1 Å². The summed E-state index contributed by atoms with van der Waals surface area (Å²) in [4.78, 5) is 24.6. The van der Waals surface area contributed by atoms with Crippen LogP contribution in [0.3, 0.4) is 0 Å². The summed E-state index contributed by atoms with van der Waals surface area (Å²) >= 11 is 0. The molecule has 3 N–H and O–H groups in total. The molecule has 5 rings (SSSR count). The second kappa shape index (κ2) is 12.2. The van der Waals surface area contributed by atoms with Crippen molar-refractivity contribution in [3.05, 3.63) is 41.9 Å². The summed E-state index contributed by atoms with van der Waals surface area (Å²) in [7, 11) is 0. The maximum absolute atomic E-state index is 13.2. The van der Waals surface area contributed by atoms with Gasteiger partial charge in [0.25, 0.3) is 0 Å². The average molecular weight is 561 g/mol. The number of β-amino-alcohol motifs (C(OH)–C–C–N with tert-alkyl or cyclic N) is 1. The molecule has 0 radical (unpaired) electrons. The Labute approximate surface area is 230 Å². The van der Waals surface area contributed by atoms with E-state index in [1.165, 1.54) is 0 Å². The Balaban J connectivity index is 1.30. The molecule has 2 aliphatic heterocycles. The number of halogens is 3. The van der Waals surface area contributed by atoms with Crippen molar-refractivity contribution >= 4 is 28.5 Å². The van der Waals surface area contributed by atoms with Crippen molar-refractivity contribution in [2.45, 2.75) is 38.6 Å². The quantitative estimate of drug-likeness (QED) is 0.380. The molecule has 1 atom stereocenters. The third-order valence-corrected chi connectivity index (χ3v) is 7.60. The molecule has 5 heterocycles. The molecule has 0 aliphatic carbocycles. The van der Waals surface area contributed by atoms with E-state index in [0.29, 0.717) is 40.7 Å². The molecule has 2 fully saturated rings. The van der Waals surface area contributed by atoms with Crippen molar-refractivity contribution in [2.24, 2.45) is 5.92 Å². The Morgan fingerprint density at radius 1 is 1.00 bits per heavy atom. The van der Waals surface area contributed by atoms with E-state index in [9.17, 15) is 18.3 Å². The molecule has 3 aromatic rings. The molecular formula is C27H35F3N8O2. The first-order valence-corrected chi connectivity index (χ1v) is 13.6. The van der Waals surface area contributed by atoms with Crippen molar-refractivity contribution in [1.82, 2.24) is 29.7 Å². The lowest BCUT2D eigenvalue weighted by molar-refractivity contribution is -0.179. The standard InChI is InChI=1S/C27H35F3N8O2/c1-18(40)22-14-20-16-32-26(35-24(20)25(33-22)38-6-4-21(5-7-38)27(28,29)30)34-23-3-2-19(15-31-23)17-37-10-8-36(9-11-37)12-13-39/h2-3,14-16,18,21,39-40H,4-13,17H2,1H3,(H,31,32,34,35)/t18-/m1/s1. The molecule has 0 spiro atoms. The second-order valence-electron chi connectivity index (χ2n) is 10.5. The van der Waals surface area contributed by atoms with E-state index in [0.717, 1.165) is 38.3 Å². The third kappa shape index (κ3) is 6.77. The number of anilines is 3. The minimum Gasteiger partial charge on any atom is -0.395 e. The molecule has 10 nitrogen and oxygen atoms in total. The molecule has 0 amide bonds. The molecule has 0 saturated carbocycles. The minimum atomic E-state index is -4.21. The van der Waals surface area contributed by atoms with Crippen molar-refractivity contribution in [2.75, 3.05) is 62.6 Å². The lowest BCUT2D eigenvalue weighted by atomic mass is 9.96. The number of nitrogens with one attached hydrogen (secondary N) is 1. The molecule has 2 saturated heterocycles. The fourth-order valence-corrected chi connectivity index (χ4v) is 5.23. The van der Waals surface area contributed by atoms with Gasteiger partial charge in [0.05, 0.1) is 24.3 Å².